The highest BCUT2D eigenvalue weighted by molar-refractivity contribution is 7.18. The molecule has 1 atom stereocenters. The minimum Gasteiger partial charge on any atom is -0.365 e. The first-order valence-corrected chi connectivity index (χ1v) is 45.7. The molecule has 1 unspecified atom stereocenters. The number of carbonyl (C=O) groups is 12. The molecule has 6 aromatic heterocycles. The molecule has 0 saturated carbocycles. The van der Waals surface area contributed by atoms with Crippen molar-refractivity contribution in [3.05, 3.63) is 96.0 Å². The number of nitrogens with one attached hydrogen (secondary N) is 12. The van der Waals surface area contributed by atoms with Crippen LogP contribution >= 0.6 is 68.0 Å². The van der Waals surface area contributed by atoms with Gasteiger partial charge in [-0.3, -0.25) is 60.7 Å². The van der Waals surface area contributed by atoms with Gasteiger partial charge in [0.15, 0.2) is 0 Å². The molecule has 6 heterocycles. The van der Waals surface area contributed by atoms with Crippen LogP contribution in [0.3, 0.4) is 0 Å². The van der Waals surface area contributed by atoms with Crippen LogP contribution in [0.2, 0.25) is 0 Å². The monoisotopic (exact) mass is 1740 g/mol. The maximum atomic E-state index is 12.0. The second-order valence-electron chi connectivity index (χ2n) is 32.6. The van der Waals surface area contributed by atoms with Crippen LogP contribution in [0.1, 0.15) is 305 Å². The van der Waals surface area contributed by atoms with Crippen molar-refractivity contribution >= 4 is 170 Å². The number of rotatable bonds is 20. The number of aryl methyl sites for hydroxylation is 5. The largest absolute Gasteiger partial charge is 0.365 e. The molecule has 6 aliphatic carbocycles. The molecule has 0 aliphatic heterocycles. The van der Waals surface area contributed by atoms with E-state index in [0.29, 0.717) is 82.4 Å². The number of thiophene rings is 6. The number of anilines is 6. The summed E-state index contributed by atoms with van der Waals surface area (Å²) < 4.78 is 0. The molecule has 18 amide bonds. The summed E-state index contributed by atoms with van der Waals surface area (Å²) in [6.07, 6.45) is 25.9. The van der Waals surface area contributed by atoms with Gasteiger partial charge in [-0.1, -0.05) is 46.5 Å². The Balaban J connectivity index is 0.000000196. The number of hydrogen-bond donors (Lipinski definition) is 18. The van der Waals surface area contributed by atoms with Crippen molar-refractivity contribution in [2.24, 2.45) is 40.3 Å². The molecule has 6 aliphatic rings. The van der Waals surface area contributed by atoms with Crippen LogP contribution in [0.15, 0.2) is 0 Å². The van der Waals surface area contributed by atoms with Gasteiger partial charge in [0.2, 0.25) is 0 Å². The number of primary amides is 6. The maximum absolute atomic E-state index is 12.0. The quantitative estimate of drug-likeness (QED) is 0.0250. The predicted octanol–water partition coefficient (Wildman–Crippen LogP) is 15.0. The molecule has 12 rings (SSSR count). The first-order chi connectivity index (χ1) is 55.7. The van der Waals surface area contributed by atoms with Crippen LogP contribution in [0.25, 0.3) is 0 Å². The molecule has 648 valence electrons. The highest BCUT2D eigenvalue weighted by Gasteiger charge is 2.33. The zero-order valence-corrected chi connectivity index (χ0v) is 75.2. The van der Waals surface area contributed by atoms with E-state index in [1.54, 1.807) is 0 Å². The smallest absolute Gasteiger partial charge is 0.320 e. The topological polar surface area (TPSA) is 505 Å². The van der Waals surface area contributed by atoms with E-state index in [4.69, 9.17) is 34.4 Å². The van der Waals surface area contributed by atoms with Crippen molar-refractivity contribution in [2.75, 3.05) is 45.0 Å². The number of carbonyl (C=O) groups excluding carboxylic acids is 12. The number of fused-ring (bicyclic) bond motifs is 6. The minimum absolute atomic E-state index is 0.0432. The number of unbranched alkanes of at least 4 members (excludes halogenated alkanes) is 2. The maximum Gasteiger partial charge on any atom is 0.320 e. The fourth-order valence-corrected chi connectivity index (χ4v) is 22.2. The molecule has 0 radical (unpaired) electrons. The van der Waals surface area contributed by atoms with Gasteiger partial charge in [0.1, 0.15) is 30.0 Å². The summed E-state index contributed by atoms with van der Waals surface area (Å²) in [5.74, 6) is -2.14. The molecule has 6 aromatic rings. The van der Waals surface area contributed by atoms with Gasteiger partial charge in [0.05, 0.1) is 33.4 Å². The fraction of sp³-hybridized carbons (Fsp3) is 0.561. The van der Waals surface area contributed by atoms with Crippen molar-refractivity contribution < 1.29 is 57.5 Å². The predicted molar refractivity (Wildman–Crippen MR) is 479 cm³/mol. The number of hydrogen-bond acceptors (Lipinski definition) is 18. The molecular formula is C82H122N18O12S6. The lowest BCUT2D eigenvalue weighted by Crippen LogP contribution is -2.43. The summed E-state index contributed by atoms with van der Waals surface area (Å²) in [4.78, 5) is 148. The zero-order valence-electron chi connectivity index (χ0n) is 70.3. The summed E-state index contributed by atoms with van der Waals surface area (Å²) in [7, 11) is 0. The summed E-state index contributed by atoms with van der Waals surface area (Å²) in [6, 6.07) is -1.65. The molecule has 0 saturated heterocycles. The number of amides is 18. The molecule has 0 bridgehead atoms. The second kappa shape index (κ2) is 44.6. The Hall–Kier alpha value is -9.36. The standard InChI is InChI=1S/2C15H23N3O2S.C14H21N3O2S.2C13H19N3O2S.C12H17N3O2S/c1-15(2,3)18-14(20)17-13-11(12(16)19)9-7-5-4-6-8-10(9)21-13;1-2-3-9-17-15(20)18-14-12(13(16)19)10-7-5-4-6-8-11(10)21-14;1-7(2)16-14(19)17-13-11(12(15)18)9-5-4-8(3)6-10(9)20-13;1-13(2,3)16-12(18)15-11-9(10(14)17)7-5-4-6-8(7)19-11;1-2-3-7-15-13(18)16-12-10(11(14)17)8-5-4-6-9(8)19-12;1-6(2)14-12(17)15-11-9(10(13)16)7-4-3-5-8(7)18-11/h4-8H2,1-3H3,(H2,16,19)(H2,17,18,20);2-9H2,1H3,(H2,16,19)(H2,17,18,20);7-8H,4-6H2,1-3H3,(H2,15,18)(H2,16,17,19);4-6H2,1-3H3,(H2,14,17)(H2,15,16,18);2-7H2,1H3,(H2,14,17)(H2,15,16,18);6H,3-5H2,1-2H3,(H2,13,16)(H2,14,15,17). The van der Waals surface area contributed by atoms with E-state index >= 15 is 0 Å². The van der Waals surface area contributed by atoms with E-state index in [1.807, 2.05) is 69.2 Å². The molecule has 0 spiro atoms. The Kier molecular flexibility index (Phi) is 36.2. The highest BCUT2D eigenvalue weighted by Crippen LogP contribution is 2.44. The second-order valence-corrected chi connectivity index (χ2v) is 39.2. The van der Waals surface area contributed by atoms with Crippen molar-refractivity contribution in [2.45, 2.75) is 280 Å². The highest BCUT2D eigenvalue weighted by atomic mass is 32.1. The Morgan fingerprint density at radius 1 is 0.331 bits per heavy atom. The first kappa shape index (κ1) is 95.8. The van der Waals surface area contributed by atoms with Gasteiger partial charge < -0.3 is 66.3 Å². The van der Waals surface area contributed by atoms with Crippen LogP contribution < -0.4 is 98.2 Å². The van der Waals surface area contributed by atoms with Crippen LogP contribution in [0.4, 0.5) is 58.8 Å². The van der Waals surface area contributed by atoms with Crippen LogP contribution in [-0.2, 0) is 77.0 Å². The van der Waals surface area contributed by atoms with Gasteiger partial charge >= 0.3 is 36.2 Å². The molecule has 30 nitrogen and oxygen atoms in total. The third-order valence-electron chi connectivity index (χ3n) is 19.4. The minimum atomic E-state index is -0.467. The van der Waals surface area contributed by atoms with Crippen LogP contribution in [0, 0.1) is 5.92 Å². The van der Waals surface area contributed by atoms with Gasteiger partial charge in [-0.15, -0.1) is 68.0 Å². The number of nitrogens with two attached hydrogens (primary N) is 6. The van der Waals surface area contributed by atoms with E-state index in [2.05, 4.69) is 84.6 Å². The van der Waals surface area contributed by atoms with E-state index < -0.39 is 35.4 Å². The Bertz CT molecular complexity index is 4610. The van der Waals surface area contributed by atoms with Crippen molar-refractivity contribution in [3.8, 4) is 0 Å². The van der Waals surface area contributed by atoms with Gasteiger partial charge in [0, 0.05) is 65.5 Å². The SMILES string of the molecule is CC(C)(C)NC(=O)Nc1sc2c(c1C(N)=O)CCC2.CC(C)(C)NC(=O)Nc1sc2c(c1C(N)=O)CCCCC2.CC(C)NC(=O)Nc1sc2c(c1C(N)=O)CCC2.CC1CCc2c(sc(NC(=O)NC(C)C)c2C(N)=O)C1.CCCCNC(=O)Nc1sc2c(c1C(N)=O)CCC2.CCCCNC(=O)Nc1sc2c(c1C(N)=O)CCCCC2. The van der Waals surface area contributed by atoms with E-state index in [9.17, 15) is 57.5 Å². The lowest BCUT2D eigenvalue weighted by molar-refractivity contribution is 0.0991. The van der Waals surface area contributed by atoms with E-state index in [-0.39, 0.29) is 59.3 Å². The molecular weight excluding hydrogens is 1620 g/mol. The average molecular weight is 1740 g/mol. The average Bonchev–Trinajstić information content (AvgIpc) is 1.65. The van der Waals surface area contributed by atoms with E-state index in [1.165, 1.54) is 110 Å². The molecule has 0 aromatic carbocycles. The number of urea groups is 6. The molecule has 24 N–H and O–H groups in total. The third-order valence-corrected chi connectivity index (χ3v) is 26.6. The molecule has 36 heteroatoms. The lowest BCUT2D eigenvalue weighted by Gasteiger charge is -2.20. The van der Waals surface area contributed by atoms with E-state index in [0.717, 1.165) is 187 Å². The zero-order chi connectivity index (χ0) is 87.0. The summed E-state index contributed by atoms with van der Waals surface area (Å²) >= 11 is 8.85. The fourth-order valence-electron chi connectivity index (χ4n) is 14.3. The van der Waals surface area contributed by atoms with Gasteiger partial charge in [0.25, 0.3) is 35.4 Å². The third kappa shape index (κ3) is 28.1. The van der Waals surface area contributed by atoms with Crippen molar-refractivity contribution in [3.63, 3.8) is 0 Å². The summed E-state index contributed by atoms with van der Waals surface area (Å²) in [5.41, 5.74) is 41.3. The summed E-state index contributed by atoms with van der Waals surface area (Å²) in [6.45, 7) is 26.6. The normalized spacial score (nSPS) is 14.6. The Labute approximate surface area is 715 Å². The molecule has 118 heavy (non-hydrogen) atoms. The first-order valence-electron chi connectivity index (χ1n) is 40.8. The van der Waals surface area contributed by atoms with Crippen molar-refractivity contribution in [1.29, 1.82) is 0 Å². The molecule has 0 fully saturated rings. The van der Waals surface area contributed by atoms with Crippen LogP contribution in [-0.4, -0.2) is 108 Å². The van der Waals surface area contributed by atoms with Crippen LogP contribution in [0.5, 0.6) is 0 Å². The Morgan fingerprint density at radius 3 is 0.831 bits per heavy atom. The van der Waals surface area contributed by atoms with Gasteiger partial charge in [-0.05, 0) is 250 Å². The van der Waals surface area contributed by atoms with Gasteiger partial charge in [-0.2, -0.15) is 0 Å². The lowest BCUT2D eigenvalue weighted by atomic mass is 9.88. The summed E-state index contributed by atoms with van der Waals surface area (Å²) in [5, 5.41) is 36.7. The van der Waals surface area contributed by atoms with Crippen molar-refractivity contribution in [1.82, 2.24) is 31.9 Å². The Morgan fingerprint density at radius 2 is 0.568 bits per heavy atom. The van der Waals surface area contributed by atoms with Gasteiger partial charge in [-0.25, -0.2) is 28.8 Å².